The first-order valence-corrected chi connectivity index (χ1v) is 13.2. The molecular formula is C28H26F3N7O3. The average Bonchev–Trinajstić information content (AvgIpc) is 3.59. The molecule has 41 heavy (non-hydrogen) atoms. The minimum Gasteiger partial charge on any atom is -0.362 e. The van der Waals surface area contributed by atoms with Crippen molar-refractivity contribution in [3.63, 3.8) is 0 Å². The number of fused-ring (bicyclic) bond motifs is 3. The molecule has 10 nitrogen and oxygen atoms in total. The third-order valence-corrected chi connectivity index (χ3v) is 7.59. The first-order chi connectivity index (χ1) is 19.6. The zero-order valence-corrected chi connectivity index (χ0v) is 22.1. The standard InChI is InChI=1S/C28H26F3N7O3/c1-17(39)35-13-15-36(16-14-35)23-21-11-12-22(25(40)32-20-9-7-19(8-10-20)28(29,30)31)37(21)27-33-24(34-38(27)26(23)41)18-5-3-2-4-6-18/h2-10,22H,11-16H2,1H3,(H,32,40). The van der Waals surface area contributed by atoms with Crippen molar-refractivity contribution in [2.24, 2.45) is 0 Å². The summed E-state index contributed by atoms with van der Waals surface area (Å²) in [5.41, 5.74) is 0.799. The van der Waals surface area contributed by atoms with Gasteiger partial charge in [-0.2, -0.15) is 22.7 Å². The van der Waals surface area contributed by atoms with E-state index < -0.39 is 23.7 Å². The zero-order valence-electron chi connectivity index (χ0n) is 22.1. The minimum absolute atomic E-state index is 0.0363. The van der Waals surface area contributed by atoms with Crippen LogP contribution in [0, 0.1) is 0 Å². The molecule has 0 radical (unpaired) electrons. The molecule has 1 fully saturated rings. The van der Waals surface area contributed by atoms with Crippen LogP contribution in [0.4, 0.5) is 24.5 Å². The second-order valence-electron chi connectivity index (χ2n) is 10.1. The molecule has 4 heterocycles. The summed E-state index contributed by atoms with van der Waals surface area (Å²) in [7, 11) is 0. The maximum atomic E-state index is 13.9. The van der Waals surface area contributed by atoms with E-state index in [4.69, 9.17) is 0 Å². The zero-order chi connectivity index (χ0) is 28.9. The van der Waals surface area contributed by atoms with E-state index in [0.29, 0.717) is 61.8 Å². The summed E-state index contributed by atoms with van der Waals surface area (Å²) in [6.07, 6.45) is -3.72. The van der Waals surface area contributed by atoms with Gasteiger partial charge in [0.25, 0.3) is 5.56 Å². The molecule has 0 aliphatic carbocycles. The van der Waals surface area contributed by atoms with Gasteiger partial charge in [-0.3, -0.25) is 19.0 Å². The second-order valence-corrected chi connectivity index (χ2v) is 10.1. The smallest absolute Gasteiger partial charge is 0.362 e. The van der Waals surface area contributed by atoms with Crippen LogP contribution in [0.15, 0.2) is 59.4 Å². The van der Waals surface area contributed by atoms with Crippen molar-refractivity contribution in [2.45, 2.75) is 32.0 Å². The highest BCUT2D eigenvalue weighted by atomic mass is 19.4. The predicted octanol–water partition coefficient (Wildman–Crippen LogP) is 3.37. The number of carbonyl (C=O) groups is 2. The van der Waals surface area contributed by atoms with Crippen molar-refractivity contribution in [3.8, 4) is 11.4 Å². The molecule has 2 aromatic heterocycles. The number of aromatic nitrogens is 4. The van der Waals surface area contributed by atoms with Crippen LogP contribution in [0.3, 0.4) is 0 Å². The first kappa shape index (κ1) is 26.5. The quantitative estimate of drug-likeness (QED) is 0.407. The Morgan fingerprint density at radius 3 is 2.29 bits per heavy atom. The van der Waals surface area contributed by atoms with E-state index in [1.54, 1.807) is 9.47 Å². The maximum Gasteiger partial charge on any atom is 0.416 e. The van der Waals surface area contributed by atoms with Crippen molar-refractivity contribution in [1.82, 2.24) is 24.1 Å². The summed E-state index contributed by atoms with van der Waals surface area (Å²) in [6.45, 7) is 3.30. The van der Waals surface area contributed by atoms with Crippen LogP contribution in [-0.2, 0) is 22.2 Å². The highest BCUT2D eigenvalue weighted by molar-refractivity contribution is 5.94. The average molecular weight is 566 g/mol. The summed E-state index contributed by atoms with van der Waals surface area (Å²) in [5, 5.41) is 7.23. The molecule has 1 N–H and O–H groups in total. The van der Waals surface area contributed by atoms with E-state index >= 15 is 0 Å². The lowest BCUT2D eigenvalue weighted by molar-refractivity contribution is -0.137. The van der Waals surface area contributed by atoms with E-state index in [9.17, 15) is 27.6 Å². The van der Waals surface area contributed by atoms with Gasteiger partial charge < -0.3 is 15.1 Å². The summed E-state index contributed by atoms with van der Waals surface area (Å²) in [6, 6.07) is 12.6. The van der Waals surface area contributed by atoms with Gasteiger partial charge >= 0.3 is 6.18 Å². The Morgan fingerprint density at radius 2 is 1.66 bits per heavy atom. The number of carbonyl (C=O) groups excluding carboxylic acids is 2. The Hall–Kier alpha value is -4.68. The molecule has 1 unspecified atom stereocenters. The molecule has 0 spiro atoms. The van der Waals surface area contributed by atoms with Gasteiger partial charge in [-0.25, -0.2) is 0 Å². The number of anilines is 2. The maximum absolute atomic E-state index is 13.9. The predicted molar refractivity (Wildman–Crippen MR) is 145 cm³/mol. The summed E-state index contributed by atoms with van der Waals surface area (Å²) < 4.78 is 41.9. The molecule has 0 saturated carbocycles. The van der Waals surface area contributed by atoms with Crippen LogP contribution in [0.1, 0.15) is 30.6 Å². The second kappa shape index (κ2) is 10.1. The van der Waals surface area contributed by atoms with Crippen molar-refractivity contribution in [3.05, 3.63) is 76.2 Å². The topological polar surface area (TPSA) is 105 Å². The minimum atomic E-state index is -4.49. The van der Waals surface area contributed by atoms with Crippen molar-refractivity contribution in [2.75, 3.05) is 36.4 Å². The van der Waals surface area contributed by atoms with Gasteiger partial charge in [-0.1, -0.05) is 30.3 Å². The normalized spacial score (nSPS) is 17.1. The van der Waals surface area contributed by atoms with Crippen LogP contribution in [-0.4, -0.2) is 62.1 Å². The molecular weight excluding hydrogens is 539 g/mol. The van der Waals surface area contributed by atoms with Crippen LogP contribution >= 0.6 is 0 Å². The van der Waals surface area contributed by atoms with E-state index in [1.165, 1.54) is 23.6 Å². The molecule has 0 bridgehead atoms. The Labute approximate surface area is 232 Å². The van der Waals surface area contributed by atoms with E-state index in [2.05, 4.69) is 15.4 Å². The van der Waals surface area contributed by atoms with Gasteiger partial charge in [-0.05, 0) is 37.1 Å². The van der Waals surface area contributed by atoms with E-state index in [-0.39, 0.29) is 22.9 Å². The van der Waals surface area contributed by atoms with E-state index in [1.807, 2.05) is 35.2 Å². The third kappa shape index (κ3) is 4.81. The number of hydrogen-bond acceptors (Lipinski definition) is 6. The number of halogens is 3. The van der Waals surface area contributed by atoms with Crippen LogP contribution in [0.5, 0.6) is 0 Å². The molecule has 2 aliphatic rings. The Kier molecular flexibility index (Phi) is 6.51. The Morgan fingerprint density at radius 1 is 0.976 bits per heavy atom. The first-order valence-electron chi connectivity index (χ1n) is 13.2. The van der Waals surface area contributed by atoms with Crippen molar-refractivity contribution in [1.29, 1.82) is 0 Å². The summed E-state index contributed by atoms with van der Waals surface area (Å²) >= 11 is 0. The van der Waals surface area contributed by atoms with Gasteiger partial charge in [0.05, 0.1) is 11.3 Å². The number of piperazine rings is 1. The lowest BCUT2D eigenvalue weighted by Crippen LogP contribution is -2.50. The molecule has 212 valence electrons. The third-order valence-electron chi connectivity index (χ3n) is 7.59. The highest BCUT2D eigenvalue weighted by Gasteiger charge is 2.37. The fourth-order valence-electron chi connectivity index (χ4n) is 5.51. The molecule has 1 atom stereocenters. The fourth-order valence-corrected chi connectivity index (χ4v) is 5.51. The van der Waals surface area contributed by atoms with Gasteiger partial charge in [0.1, 0.15) is 11.7 Å². The number of rotatable bonds is 4. The Bertz CT molecular complexity index is 1690. The Balaban J connectivity index is 1.41. The largest absolute Gasteiger partial charge is 0.416 e. The fraction of sp³-hybridized carbons (Fsp3) is 0.321. The number of alkyl halides is 3. The lowest BCUT2D eigenvalue weighted by Gasteiger charge is -2.36. The lowest BCUT2D eigenvalue weighted by atomic mass is 10.1. The molecule has 1 saturated heterocycles. The number of amides is 2. The van der Waals surface area contributed by atoms with Gasteiger partial charge in [0, 0.05) is 44.4 Å². The van der Waals surface area contributed by atoms with Crippen LogP contribution in [0.2, 0.25) is 0 Å². The molecule has 2 aliphatic heterocycles. The monoisotopic (exact) mass is 565 g/mol. The van der Waals surface area contributed by atoms with E-state index in [0.717, 1.165) is 12.1 Å². The molecule has 2 aromatic carbocycles. The highest BCUT2D eigenvalue weighted by Crippen LogP contribution is 2.35. The van der Waals surface area contributed by atoms with Crippen molar-refractivity contribution < 1.29 is 22.8 Å². The number of nitrogens with zero attached hydrogens (tertiary/aromatic N) is 6. The number of hydrogen-bond donors (Lipinski definition) is 1. The number of benzene rings is 2. The molecule has 6 rings (SSSR count). The van der Waals surface area contributed by atoms with Gasteiger partial charge in [0.2, 0.25) is 17.6 Å². The van der Waals surface area contributed by atoms with Crippen LogP contribution < -0.4 is 15.8 Å². The summed E-state index contributed by atoms with van der Waals surface area (Å²) in [5.74, 6) is 0.0568. The van der Waals surface area contributed by atoms with Gasteiger partial charge in [0.15, 0.2) is 5.82 Å². The molecule has 4 aromatic rings. The molecule has 2 amide bonds. The van der Waals surface area contributed by atoms with Crippen LogP contribution in [0.25, 0.3) is 17.2 Å². The molecule has 13 heteroatoms. The van der Waals surface area contributed by atoms with Gasteiger partial charge in [-0.15, -0.1) is 5.10 Å². The SMILES string of the molecule is CC(=O)N1CCN(c2c3n(c4nc(-c5ccccc5)nn4c2=O)C(C(=O)Nc2ccc(C(F)(F)F)cc2)CC3)CC1. The number of nitrogens with one attached hydrogen (secondary N) is 1. The summed E-state index contributed by atoms with van der Waals surface area (Å²) in [4.78, 5) is 47.5. The van der Waals surface area contributed by atoms with Crippen molar-refractivity contribution >= 4 is 29.0 Å².